The molecule has 1 aliphatic rings. The number of hydrogen-bond donors (Lipinski definition) is 3. The van der Waals surface area contributed by atoms with Crippen LogP contribution in [0.3, 0.4) is 0 Å². The number of aliphatic hydroxyl groups excluding tert-OH is 3. The lowest BCUT2D eigenvalue weighted by atomic mass is 10.1. The number of aliphatic hydroxyl groups is 3. The van der Waals surface area contributed by atoms with E-state index in [1.165, 1.54) is 0 Å². The third-order valence-electron chi connectivity index (χ3n) is 2.02. The highest BCUT2D eigenvalue weighted by Crippen LogP contribution is 2.15. The minimum atomic E-state index is -0.796. The van der Waals surface area contributed by atoms with E-state index in [-0.39, 0.29) is 12.6 Å². The number of hydrogen-bond acceptors (Lipinski definition) is 4. The van der Waals surface area contributed by atoms with Gasteiger partial charge in [0.05, 0.1) is 24.9 Å². The van der Waals surface area contributed by atoms with Crippen LogP contribution in [0.25, 0.3) is 0 Å². The van der Waals surface area contributed by atoms with Crippen molar-refractivity contribution >= 4 is 0 Å². The van der Waals surface area contributed by atoms with Gasteiger partial charge in [-0.05, 0) is 7.05 Å². The van der Waals surface area contributed by atoms with Crippen molar-refractivity contribution < 1.29 is 15.3 Å². The van der Waals surface area contributed by atoms with Gasteiger partial charge in [0.2, 0.25) is 0 Å². The summed E-state index contributed by atoms with van der Waals surface area (Å²) in [5.74, 6) is 0. The SMILES string of the molecule is CN1CC(O)C(O)C1CO. The molecule has 1 fully saturated rings. The van der Waals surface area contributed by atoms with Gasteiger partial charge in [-0.2, -0.15) is 0 Å². The summed E-state index contributed by atoms with van der Waals surface area (Å²) < 4.78 is 0. The Kier molecular flexibility index (Phi) is 2.25. The fraction of sp³-hybridized carbons (Fsp3) is 1.00. The summed E-state index contributed by atoms with van der Waals surface area (Å²) in [6.07, 6.45) is -1.50. The molecule has 0 aliphatic carbocycles. The second-order valence-corrected chi connectivity index (χ2v) is 2.75. The maximum atomic E-state index is 9.18. The van der Waals surface area contributed by atoms with E-state index in [1.54, 1.807) is 11.9 Å². The average Bonchev–Trinajstić information content (AvgIpc) is 2.09. The van der Waals surface area contributed by atoms with Crippen LogP contribution in [0.2, 0.25) is 0 Å². The molecule has 3 atom stereocenters. The topological polar surface area (TPSA) is 63.9 Å². The lowest BCUT2D eigenvalue weighted by molar-refractivity contribution is 0.0237. The van der Waals surface area contributed by atoms with E-state index >= 15 is 0 Å². The quantitative estimate of drug-likeness (QED) is 0.402. The first-order chi connectivity index (χ1) is 4.66. The number of rotatable bonds is 1. The predicted molar refractivity (Wildman–Crippen MR) is 35.5 cm³/mol. The van der Waals surface area contributed by atoms with E-state index in [4.69, 9.17) is 10.2 Å². The van der Waals surface area contributed by atoms with Crippen molar-refractivity contribution in [3.63, 3.8) is 0 Å². The molecule has 0 spiro atoms. The molecule has 0 aromatic heterocycles. The van der Waals surface area contributed by atoms with Crippen LogP contribution < -0.4 is 0 Å². The third-order valence-corrected chi connectivity index (χ3v) is 2.02. The van der Waals surface area contributed by atoms with Crippen LogP contribution in [0.4, 0.5) is 0 Å². The Morgan fingerprint density at radius 1 is 1.50 bits per heavy atom. The van der Waals surface area contributed by atoms with Gasteiger partial charge in [-0.25, -0.2) is 0 Å². The van der Waals surface area contributed by atoms with Crippen molar-refractivity contribution in [2.45, 2.75) is 18.2 Å². The zero-order valence-electron chi connectivity index (χ0n) is 5.94. The summed E-state index contributed by atoms with van der Waals surface area (Å²) >= 11 is 0. The average molecular weight is 147 g/mol. The maximum absolute atomic E-state index is 9.18. The normalized spacial score (nSPS) is 42.6. The molecule has 3 N–H and O–H groups in total. The molecule has 1 aliphatic heterocycles. The smallest absolute Gasteiger partial charge is 0.0988 e. The highest BCUT2D eigenvalue weighted by atomic mass is 16.3. The van der Waals surface area contributed by atoms with Gasteiger partial charge in [0.15, 0.2) is 0 Å². The van der Waals surface area contributed by atoms with Gasteiger partial charge in [0, 0.05) is 6.54 Å². The Labute approximate surface area is 59.7 Å². The minimum absolute atomic E-state index is 0.102. The maximum Gasteiger partial charge on any atom is 0.0988 e. The van der Waals surface area contributed by atoms with E-state index < -0.39 is 12.2 Å². The van der Waals surface area contributed by atoms with E-state index in [2.05, 4.69) is 0 Å². The van der Waals surface area contributed by atoms with E-state index in [0.717, 1.165) is 0 Å². The van der Waals surface area contributed by atoms with Crippen LogP contribution in [-0.4, -0.2) is 58.7 Å². The zero-order chi connectivity index (χ0) is 7.72. The van der Waals surface area contributed by atoms with Gasteiger partial charge >= 0.3 is 0 Å². The lowest BCUT2D eigenvalue weighted by Gasteiger charge is -2.18. The summed E-state index contributed by atoms with van der Waals surface area (Å²) in [6.45, 7) is 0.334. The van der Waals surface area contributed by atoms with Gasteiger partial charge in [0.1, 0.15) is 0 Å². The highest BCUT2D eigenvalue weighted by Gasteiger charge is 2.36. The van der Waals surface area contributed by atoms with Crippen molar-refractivity contribution in [3.8, 4) is 0 Å². The largest absolute Gasteiger partial charge is 0.395 e. The van der Waals surface area contributed by atoms with Crippen molar-refractivity contribution in [2.75, 3.05) is 20.2 Å². The zero-order valence-corrected chi connectivity index (χ0v) is 5.94. The lowest BCUT2D eigenvalue weighted by Crippen LogP contribution is -2.36. The molecule has 1 saturated heterocycles. The second kappa shape index (κ2) is 2.84. The van der Waals surface area contributed by atoms with E-state index in [0.29, 0.717) is 6.54 Å². The summed E-state index contributed by atoms with van der Waals surface area (Å²) in [5.41, 5.74) is 0. The Balaban J connectivity index is 2.55. The third kappa shape index (κ3) is 1.15. The molecule has 0 bridgehead atoms. The fourth-order valence-electron chi connectivity index (χ4n) is 1.30. The van der Waals surface area contributed by atoms with Crippen molar-refractivity contribution in [1.82, 2.24) is 4.90 Å². The first-order valence-electron chi connectivity index (χ1n) is 3.34. The first-order valence-corrected chi connectivity index (χ1v) is 3.34. The number of nitrogens with zero attached hydrogens (tertiary/aromatic N) is 1. The number of β-amino-alcohol motifs (C(OH)–C–C–N with tert-alkyl or cyclic N) is 1. The summed E-state index contributed by atoms with van der Waals surface area (Å²) in [6, 6.07) is -0.296. The highest BCUT2D eigenvalue weighted by molar-refractivity contribution is 4.90. The van der Waals surface area contributed by atoms with Gasteiger partial charge in [-0.15, -0.1) is 0 Å². The standard InChI is InChI=1S/C6H13NO3/c1-7-2-5(9)6(10)4(7)3-8/h4-6,8-10H,2-3H2,1H3. The summed E-state index contributed by atoms with van der Waals surface area (Å²) in [4.78, 5) is 1.75. The molecule has 1 rings (SSSR count). The Morgan fingerprint density at radius 2 is 2.10 bits per heavy atom. The van der Waals surface area contributed by atoms with Crippen LogP contribution in [0.5, 0.6) is 0 Å². The minimum Gasteiger partial charge on any atom is -0.395 e. The fourth-order valence-corrected chi connectivity index (χ4v) is 1.30. The molecule has 0 aromatic carbocycles. The molecule has 10 heavy (non-hydrogen) atoms. The summed E-state index contributed by atoms with van der Waals surface area (Å²) in [7, 11) is 1.76. The molecule has 0 amide bonds. The van der Waals surface area contributed by atoms with Crippen LogP contribution in [0.15, 0.2) is 0 Å². The first kappa shape index (κ1) is 7.94. The van der Waals surface area contributed by atoms with Crippen LogP contribution in [-0.2, 0) is 0 Å². The molecule has 0 aromatic rings. The predicted octanol–water partition coefficient (Wildman–Crippen LogP) is -1.99. The van der Waals surface area contributed by atoms with Crippen LogP contribution in [0.1, 0.15) is 0 Å². The molecule has 1 heterocycles. The molecule has 3 unspecified atom stereocenters. The molecular weight excluding hydrogens is 134 g/mol. The molecule has 60 valence electrons. The molecule has 0 radical (unpaired) electrons. The van der Waals surface area contributed by atoms with Gasteiger partial charge in [-0.1, -0.05) is 0 Å². The number of likely N-dealkylation sites (tertiary alicyclic amines) is 1. The molecule has 0 saturated carbocycles. The van der Waals surface area contributed by atoms with Crippen molar-refractivity contribution in [2.24, 2.45) is 0 Å². The molecule has 4 nitrogen and oxygen atoms in total. The molecule has 4 heteroatoms. The van der Waals surface area contributed by atoms with Gasteiger partial charge in [0.25, 0.3) is 0 Å². The van der Waals surface area contributed by atoms with Gasteiger partial charge < -0.3 is 15.3 Å². The van der Waals surface area contributed by atoms with E-state index in [1.807, 2.05) is 0 Å². The van der Waals surface area contributed by atoms with Crippen molar-refractivity contribution in [1.29, 1.82) is 0 Å². The molecular formula is C6H13NO3. The van der Waals surface area contributed by atoms with Crippen LogP contribution in [0, 0.1) is 0 Å². The Bertz CT molecular complexity index is 120. The van der Waals surface area contributed by atoms with Crippen molar-refractivity contribution in [3.05, 3.63) is 0 Å². The van der Waals surface area contributed by atoms with Crippen LogP contribution >= 0.6 is 0 Å². The second-order valence-electron chi connectivity index (χ2n) is 2.75. The Morgan fingerprint density at radius 3 is 2.30 bits per heavy atom. The summed E-state index contributed by atoms with van der Waals surface area (Å²) in [5, 5.41) is 27.0. The monoisotopic (exact) mass is 147 g/mol. The van der Waals surface area contributed by atoms with Gasteiger partial charge in [-0.3, -0.25) is 4.90 Å². The Hall–Kier alpha value is -0.160. The number of likely N-dealkylation sites (N-methyl/N-ethyl adjacent to an activating group) is 1. The van der Waals surface area contributed by atoms with E-state index in [9.17, 15) is 5.11 Å².